The summed E-state index contributed by atoms with van der Waals surface area (Å²) in [7, 11) is -4.02. The highest BCUT2D eigenvalue weighted by atomic mass is 32.2. The Labute approximate surface area is 267 Å². The summed E-state index contributed by atoms with van der Waals surface area (Å²) in [5.41, 5.74) is 2.38. The van der Waals surface area contributed by atoms with Crippen molar-refractivity contribution in [3.05, 3.63) is 82.5 Å². The zero-order valence-corrected chi connectivity index (χ0v) is 26.6. The molecule has 2 amide bonds. The van der Waals surface area contributed by atoms with Crippen LogP contribution in [0.25, 0.3) is 11.1 Å². The molecule has 46 heavy (non-hydrogen) atoms. The predicted octanol–water partition coefficient (Wildman–Crippen LogP) is 6.13. The third kappa shape index (κ3) is 7.91. The molecular weight excluding hydrogens is 614 g/mol. The van der Waals surface area contributed by atoms with Gasteiger partial charge in [-0.15, -0.1) is 0 Å². The highest BCUT2D eigenvalue weighted by Gasteiger charge is 2.48. The van der Waals surface area contributed by atoms with E-state index in [4.69, 9.17) is 4.74 Å². The molecule has 3 N–H and O–H groups in total. The van der Waals surface area contributed by atoms with E-state index in [1.165, 1.54) is 0 Å². The molecule has 5 rings (SSSR count). The Bertz CT molecular complexity index is 1700. The molecule has 2 fully saturated rings. The number of alkyl carbamates (subject to hydrolysis) is 1. The fraction of sp³-hybridized carbons (Fsp3) is 0.406. The SMILES string of the molecule is CC(C)(C)OC(=O)NC1CCC(N(C(=O)O)[C@@H]2C[C@H]2c2ccc(-c3cccc(NS(=O)(=O)c4ccc([N+](=O)[O-])nc4)c3)cc2)CC1. The van der Waals surface area contributed by atoms with Gasteiger partial charge in [0.2, 0.25) is 0 Å². The quantitative estimate of drug-likeness (QED) is 0.181. The lowest BCUT2D eigenvalue weighted by Crippen LogP contribution is -2.47. The van der Waals surface area contributed by atoms with Crippen molar-refractivity contribution < 1.29 is 32.8 Å². The Morgan fingerprint density at radius 1 is 1.02 bits per heavy atom. The van der Waals surface area contributed by atoms with Crippen molar-refractivity contribution >= 4 is 33.7 Å². The van der Waals surface area contributed by atoms with Gasteiger partial charge in [0.1, 0.15) is 10.5 Å². The molecule has 0 bridgehead atoms. The number of anilines is 1. The minimum absolute atomic E-state index is 0.0441. The number of benzene rings is 2. The van der Waals surface area contributed by atoms with Crippen molar-refractivity contribution in [2.75, 3.05) is 4.72 Å². The number of sulfonamides is 1. The van der Waals surface area contributed by atoms with Crippen molar-refractivity contribution in [3.8, 4) is 11.1 Å². The van der Waals surface area contributed by atoms with Gasteiger partial charge in [0.25, 0.3) is 10.0 Å². The normalized spacial score (nSPS) is 21.1. The molecule has 2 aliphatic rings. The number of nitrogens with one attached hydrogen (secondary N) is 2. The fourth-order valence-corrected chi connectivity index (χ4v) is 6.92. The van der Waals surface area contributed by atoms with E-state index in [0.717, 1.165) is 41.4 Å². The van der Waals surface area contributed by atoms with Gasteiger partial charge in [-0.25, -0.2) is 18.0 Å². The molecule has 2 saturated carbocycles. The minimum atomic E-state index is -4.02. The van der Waals surface area contributed by atoms with E-state index in [-0.39, 0.29) is 28.9 Å². The van der Waals surface area contributed by atoms with Gasteiger partial charge in [-0.2, -0.15) is 0 Å². The largest absolute Gasteiger partial charge is 0.465 e. The van der Waals surface area contributed by atoms with Crippen LogP contribution in [0.2, 0.25) is 0 Å². The molecule has 0 saturated heterocycles. The van der Waals surface area contributed by atoms with Crippen LogP contribution >= 0.6 is 0 Å². The monoisotopic (exact) mass is 651 g/mol. The van der Waals surface area contributed by atoms with Crippen LogP contribution in [0.5, 0.6) is 0 Å². The van der Waals surface area contributed by atoms with Crippen LogP contribution in [0.15, 0.2) is 71.8 Å². The van der Waals surface area contributed by atoms with Crippen LogP contribution in [0.1, 0.15) is 64.4 Å². The molecule has 1 aromatic heterocycles. The molecule has 0 radical (unpaired) electrons. The number of ether oxygens (including phenoxy) is 1. The standard InChI is InChI=1S/C32H37N5O8S/c1-32(2,3)45-30(38)34-23-11-13-25(14-12-23)36(31(39)40)28-18-27(28)21-9-7-20(8-10-21)22-5-4-6-24(17-22)35-46(43,44)26-15-16-29(33-19-26)37(41)42/h4-10,15-17,19,23,25,27-28,35H,11-14,18H2,1-3H3,(H,34,38)(H,39,40)/t23?,25?,27-,28+/m0/s1. The van der Waals surface area contributed by atoms with E-state index < -0.39 is 38.6 Å². The average molecular weight is 652 g/mol. The molecule has 0 spiro atoms. The lowest BCUT2D eigenvalue weighted by molar-refractivity contribution is -0.389. The lowest BCUT2D eigenvalue weighted by Gasteiger charge is -2.36. The Balaban J connectivity index is 1.19. The minimum Gasteiger partial charge on any atom is -0.465 e. The van der Waals surface area contributed by atoms with E-state index in [9.17, 15) is 33.2 Å². The molecule has 0 unspecified atom stereocenters. The van der Waals surface area contributed by atoms with Crippen molar-refractivity contribution in [2.24, 2.45) is 0 Å². The van der Waals surface area contributed by atoms with Gasteiger partial charge < -0.3 is 30.2 Å². The molecule has 244 valence electrons. The summed E-state index contributed by atoms with van der Waals surface area (Å²) in [6.45, 7) is 5.43. The molecule has 14 heteroatoms. The fourth-order valence-electron chi connectivity index (χ4n) is 5.93. The molecule has 13 nitrogen and oxygen atoms in total. The number of hydrogen-bond acceptors (Lipinski definition) is 8. The van der Waals surface area contributed by atoms with Gasteiger partial charge in [-0.05, 0) is 97.7 Å². The van der Waals surface area contributed by atoms with Gasteiger partial charge >= 0.3 is 18.0 Å². The molecule has 1 heterocycles. The first-order valence-electron chi connectivity index (χ1n) is 15.0. The van der Waals surface area contributed by atoms with Crippen LogP contribution in [0, 0.1) is 10.1 Å². The van der Waals surface area contributed by atoms with Crippen LogP contribution in [-0.4, -0.2) is 64.2 Å². The van der Waals surface area contributed by atoms with Crippen LogP contribution in [0.4, 0.5) is 21.1 Å². The Hall–Kier alpha value is -4.72. The van der Waals surface area contributed by atoms with E-state index in [0.29, 0.717) is 31.4 Å². The summed E-state index contributed by atoms with van der Waals surface area (Å²) in [5.74, 6) is -0.370. The highest BCUT2D eigenvalue weighted by Crippen LogP contribution is 2.47. The number of nitro groups is 1. The number of rotatable bonds is 9. The number of nitrogens with zero attached hydrogens (tertiary/aromatic N) is 3. The maximum atomic E-state index is 12.8. The van der Waals surface area contributed by atoms with E-state index in [1.807, 2.05) is 51.1 Å². The molecule has 2 atom stereocenters. The number of carbonyl (C=O) groups is 2. The van der Waals surface area contributed by atoms with Crippen LogP contribution in [0.3, 0.4) is 0 Å². The first kappa shape index (κ1) is 32.7. The zero-order chi connectivity index (χ0) is 33.2. The Kier molecular flexibility index (Phi) is 9.20. The zero-order valence-electron chi connectivity index (χ0n) is 25.8. The summed E-state index contributed by atoms with van der Waals surface area (Å²) in [5, 5.41) is 23.8. The number of carbonyl (C=O) groups excluding carboxylic acids is 1. The lowest BCUT2D eigenvalue weighted by atomic mass is 9.90. The van der Waals surface area contributed by atoms with E-state index in [2.05, 4.69) is 15.0 Å². The molecule has 3 aromatic rings. The number of aromatic nitrogens is 1. The van der Waals surface area contributed by atoms with Crippen molar-refractivity contribution in [3.63, 3.8) is 0 Å². The highest BCUT2D eigenvalue weighted by molar-refractivity contribution is 7.92. The van der Waals surface area contributed by atoms with Crippen molar-refractivity contribution in [1.29, 1.82) is 0 Å². The summed E-state index contributed by atoms with van der Waals surface area (Å²) >= 11 is 0. The first-order chi connectivity index (χ1) is 21.7. The summed E-state index contributed by atoms with van der Waals surface area (Å²) in [6.07, 6.45) is 2.97. The average Bonchev–Trinajstić information content (AvgIpc) is 3.77. The van der Waals surface area contributed by atoms with Gasteiger partial charge in [0.05, 0.1) is 0 Å². The third-order valence-electron chi connectivity index (χ3n) is 8.15. The second-order valence-corrected chi connectivity index (χ2v) is 14.4. The second kappa shape index (κ2) is 12.9. The van der Waals surface area contributed by atoms with Gasteiger partial charge in [-0.1, -0.05) is 36.4 Å². The van der Waals surface area contributed by atoms with Crippen molar-refractivity contribution in [1.82, 2.24) is 15.2 Å². The van der Waals surface area contributed by atoms with E-state index >= 15 is 0 Å². The Morgan fingerprint density at radius 2 is 1.72 bits per heavy atom. The van der Waals surface area contributed by atoms with Crippen molar-refractivity contribution in [2.45, 2.75) is 87.4 Å². The molecule has 2 aliphatic carbocycles. The maximum Gasteiger partial charge on any atom is 0.407 e. The number of amides is 2. The second-order valence-electron chi connectivity index (χ2n) is 12.7. The van der Waals surface area contributed by atoms with Gasteiger partial charge in [-0.3, -0.25) is 4.72 Å². The first-order valence-corrected chi connectivity index (χ1v) is 16.5. The summed E-state index contributed by atoms with van der Waals surface area (Å²) < 4.78 is 33.5. The molecular formula is C32H37N5O8S. The van der Waals surface area contributed by atoms with Gasteiger partial charge in [0, 0.05) is 35.8 Å². The number of carboxylic acid groups (broad SMARTS) is 1. The smallest absolute Gasteiger partial charge is 0.407 e. The van der Waals surface area contributed by atoms with Crippen LogP contribution < -0.4 is 10.0 Å². The molecule has 0 aliphatic heterocycles. The summed E-state index contributed by atoms with van der Waals surface area (Å²) in [4.78, 5) is 39.6. The summed E-state index contributed by atoms with van der Waals surface area (Å²) in [6, 6.07) is 16.5. The predicted molar refractivity (Wildman–Crippen MR) is 170 cm³/mol. The molecule has 2 aromatic carbocycles. The number of hydrogen-bond donors (Lipinski definition) is 3. The maximum absolute atomic E-state index is 12.8. The third-order valence-corrected chi connectivity index (χ3v) is 9.52. The number of pyridine rings is 1. The van der Waals surface area contributed by atoms with Crippen LogP contribution in [-0.2, 0) is 14.8 Å². The van der Waals surface area contributed by atoms with E-state index in [1.54, 1.807) is 23.1 Å². The Morgan fingerprint density at radius 3 is 2.30 bits per heavy atom. The van der Waals surface area contributed by atoms with Gasteiger partial charge in [0.15, 0.2) is 6.20 Å². The topological polar surface area (TPSA) is 181 Å².